The first kappa shape index (κ1) is 13.6. The lowest BCUT2D eigenvalue weighted by atomic mass is 10.3. The van der Waals surface area contributed by atoms with Gasteiger partial charge in [-0.3, -0.25) is 0 Å². The number of hydrogen-bond donors (Lipinski definition) is 1. The Bertz CT molecular complexity index is 509. The molecule has 1 fully saturated rings. The number of nitrogens with zero attached hydrogens (tertiary/aromatic N) is 1. The van der Waals surface area contributed by atoms with E-state index >= 15 is 0 Å². The SMILES string of the molecule is CNCc1ccc(S(=O)(=O)N(C)CC2CC2C)o1. The van der Waals surface area contributed by atoms with Crippen molar-refractivity contribution in [3.8, 4) is 0 Å². The van der Waals surface area contributed by atoms with Crippen molar-refractivity contribution in [2.75, 3.05) is 20.6 Å². The minimum atomic E-state index is -3.48. The molecule has 0 amide bonds. The van der Waals surface area contributed by atoms with Gasteiger partial charge in [-0.05, 0) is 37.4 Å². The fourth-order valence-electron chi connectivity index (χ4n) is 2.00. The summed E-state index contributed by atoms with van der Waals surface area (Å²) in [6.45, 7) is 3.24. The zero-order valence-corrected chi connectivity index (χ0v) is 11.8. The van der Waals surface area contributed by atoms with Crippen LogP contribution in [0.2, 0.25) is 0 Å². The van der Waals surface area contributed by atoms with Gasteiger partial charge >= 0.3 is 0 Å². The van der Waals surface area contributed by atoms with Gasteiger partial charge in [0, 0.05) is 13.6 Å². The molecule has 102 valence electrons. The molecule has 0 aromatic carbocycles. The molecule has 5 nitrogen and oxygen atoms in total. The molecule has 0 radical (unpaired) electrons. The molecule has 0 saturated heterocycles. The summed E-state index contributed by atoms with van der Waals surface area (Å²) in [7, 11) is -0.0753. The molecule has 1 aromatic heterocycles. The topological polar surface area (TPSA) is 62.6 Å². The molecule has 2 rings (SSSR count). The Kier molecular flexibility index (Phi) is 3.79. The van der Waals surface area contributed by atoms with Crippen LogP contribution in [0.5, 0.6) is 0 Å². The molecule has 0 bridgehead atoms. The van der Waals surface area contributed by atoms with E-state index in [-0.39, 0.29) is 5.09 Å². The molecule has 1 saturated carbocycles. The summed E-state index contributed by atoms with van der Waals surface area (Å²) in [5.41, 5.74) is 0. The molecule has 1 heterocycles. The van der Waals surface area contributed by atoms with E-state index in [0.717, 1.165) is 6.42 Å². The van der Waals surface area contributed by atoms with Gasteiger partial charge in [-0.2, -0.15) is 4.31 Å². The molecule has 6 heteroatoms. The molecular formula is C12H20N2O3S. The van der Waals surface area contributed by atoms with Gasteiger partial charge in [-0.15, -0.1) is 0 Å². The molecular weight excluding hydrogens is 252 g/mol. The van der Waals surface area contributed by atoms with Crippen LogP contribution in [0.1, 0.15) is 19.1 Å². The lowest BCUT2D eigenvalue weighted by molar-refractivity contribution is 0.378. The molecule has 18 heavy (non-hydrogen) atoms. The first-order valence-corrected chi connectivity index (χ1v) is 7.59. The second kappa shape index (κ2) is 5.03. The van der Waals surface area contributed by atoms with Crippen LogP contribution < -0.4 is 5.32 Å². The monoisotopic (exact) mass is 272 g/mol. The average Bonchev–Trinajstić information content (AvgIpc) is 2.80. The highest BCUT2D eigenvalue weighted by Crippen LogP contribution is 2.38. The molecule has 0 spiro atoms. The highest BCUT2D eigenvalue weighted by Gasteiger charge is 2.36. The van der Waals surface area contributed by atoms with Crippen LogP contribution in [-0.2, 0) is 16.6 Å². The second-order valence-corrected chi connectivity index (χ2v) is 6.99. The van der Waals surface area contributed by atoms with Gasteiger partial charge in [0.2, 0.25) is 5.09 Å². The first-order chi connectivity index (χ1) is 8.45. The first-order valence-electron chi connectivity index (χ1n) is 6.14. The van der Waals surface area contributed by atoms with E-state index in [1.165, 1.54) is 10.4 Å². The van der Waals surface area contributed by atoms with Gasteiger partial charge < -0.3 is 9.73 Å². The predicted octanol–water partition coefficient (Wildman–Crippen LogP) is 1.28. The van der Waals surface area contributed by atoms with Crippen molar-refractivity contribution in [2.24, 2.45) is 11.8 Å². The Hall–Kier alpha value is -0.850. The fraction of sp³-hybridized carbons (Fsp3) is 0.667. The van der Waals surface area contributed by atoms with E-state index in [0.29, 0.717) is 30.7 Å². The number of nitrogens with one attached hydrogen (secondary N) is 1. The van der Waals surface area contributed by atoms with Gasteiger partial charge in [0.25, 0.3) is 10.0 Å². The summed E-state index contributed by atoms with van der Waals surface area (Å²) < 4.78 is 31.2. The number of rotatable bonds is 6. The summed E-state index contributed by atoms with van der Waals surface area (Å²) in [4.78, 5) is 0. The largest absolute Gasteiger partial charge is 0.447 e. The standard InChI is InChI=1S/C12H20N2O3S/c1-9-6-10(9)8-14(3)18(15,16)12-5-4-11(17-12)7-13-2/h4-5,9-10,13H,6-8H2,1-3H3. The average molecular weight is 272 g/mol. The minimum Gasteiger partial charge on any atom is -0.447 e. The Morgan fingerprint density at radius 3 is 2.72 bits per heavy atom. The predicted molar refractivity (Wildman–Crippen MR) is 68.6 cm³/mol. The maximum atomic E-state index is 12.2. The van der Waals surface area contributed by atoms with E-state index in [4.69, 9.17) is 4.42 Å². The summed E-state index contributed by atoms with van der Waals surface area (Å²) in [6.07, 6.45) is 1.11. The zero-order valence-electron chi connectivity index (χ0n) is 11.0. The van der Waals surface area contributed by atoms with Crippen LogP contribution in [0, 0.1) is 11.8 Å². The van der Waals surface area contributed by atoms with Crippen LogP contribution in [0.3, 0.4) is 0 Å². The third-order valence-electron chi connectivity index (χ3n) is 3.42. The van der Waals surface area contributed by atoms with Gasteiger partial charge in [-0.1, -0.05) is 6.92 Å². The Labute approximate surface area is 108 Å². The van der Waals surface area contributed by atoms with E-state index in [2.05, 4.69) is 12.2 Å². The van der Waals surface area contributed by atoms with Crippen LogP contribution in [0.15, 0.2) is 21.6 Å². The normalized spacial score (nSPS) is 23.6. The van der Waals surface area contributed by atoms with Gasteiger partial charge in [0.05, 0.1) is 6.54 Å². The molecule has 2 atom stereocenters. The third kappa shape index (κ3) is 2.76. The minimum absolute atomic E-state index is 0.0311. The quantitative estimate of drug-likeness (QED) is 0.847. The second-order valence-electron chi connectivity index (χ2n) is 5.01. The van der Waals surface area contributed by atoms with Crippen LogP contribution in [0.25, 0.3) is 0 Å². The van der Waals surface area contributed by atoms with Gasteiger partial charge in [-0.25, -0.2) is 8.42 Å². The maximum absolute atomic E-state index is 12.2. The summed E-state index contributed by atoms with van der Waals surface area (Å²) >= 11 is 0. The Morgan fingerprint density at radius 1 is 1.50 bits per heavy atom. The van der Waals surface area contributed by atoms with Gasteiger partial charge in [0.15, 0.2) is 0 Å². The molecule has 1 aromatic rings. The van der Waals surface area contributed by atoms with E-state index < -0.39 is 10.0 Å². The van der Waals surface area contributed by atoms with Crippen molar-refractivity contribution >= 4 is 10.0 Å². The molecule has 1 N–H and O–H groups in total. The fourth-order valence-corrected chi connectivity index (χ4v) is 3.15. The summed E-state index contributed by atoms with van der Waals surface area (Å²) in [6, 6.07) is 3.21. The Balaban J connectivity index is 2.08. The van der Waals surface area contributed by atoms with Crippen molar-refractivity contribution in [3.63, 3.8) is 0 Å². The Morgan fingerprint density at radius 2 is 2.17 bits per heavy atom. The lowest BCUT2D eigenvalue weighted by Gasteiger charge is -2.14. The van der Waals surface area contributed by atoms with Crippen molar-refractivity contribution in [2.45, 2.75) is 25.0 Å². The van der Waals surface area contributed by atoms with Crippen molar-refractivity contribution in [1.82, 2.24) is 9.62 Å². The van der Waals surface area contributed by atoms with Crippen LogP contribution >= 0.6 is 0 Å². The number of sulfonamides is 1. The van der Waals surface area contributed by atoms with Crippen molar-refractivity contribution in [3.05, 3.63) is 17.9 Å². The van der Waals surface area contributed by atoms with E-state index in [1.807, 2.05) is 0 Å². The van der Waals surface area contributed by atoms with E-state index in [9.17, 15) is 8.42 Å². The highest BCUT2D eigenvalue weighted by atomic mass is 32.2. The molecule has 2 unspecified atom stereocenters. The highest BCUT2D eigenvalue weighted by molar-refractivity contribution is 7.89. The summed E-state index contributed by atoms with van der Waals surface area (Å²) in [5.74, 6) is 1.76. The van der Waals surface area contributed by atoms with Crippen LogP contribution in [-0.4, -0.2) is 33.4 Å². The smallest absolute Gasteiger partial charge is 0.276 e. The maximum Gasteiger partial charge on any atom is 0.276 e. The molecule has 1 aliphatic rings. The van der Waals surface area contributed by atoms with Crippen molar-refractivity contribution in [1.29, 1.82) is 0 Å². The lowest BCUT2D eigenvalue weighted by Crippen LogP contribution is -2.29. The number of furan rings is 1. The van der Waals surface area contributed by atoms with Crippen molar-refractivity contribution < 1.29 is 12.8 Å². The molecule has 0 aliphatic heterocycles. The third-order valence-corrected chi connectivity index (χ3v) is 5.12. The van der Waals surface area contributed by atoms with Crippen LogP contribution in [0.4, 0.5) is 0 Å². The summed E-state index contributed by atoms with van der Waals surface area (Å²) in [5, 5.41) is 2.95. The van der Waals surface area contributed by atoms with E-state index in [1.54, 1.807) is 20.2 Å². The van der Waals surface area contributed by atoms with Gasteiger partial charge in [0.1, 0.15) is 5.76 Å². The number of hydrogen-bond acceptors (Lipinski definition) is 4. The zero-order chi connectivity index (χ0) is 13.3. The molecule has 1 aliphatic carbocycles.